The fraction of sp³-hybridized carbons (Fsp3) is 0.0323. The second-order valence-electron chi connectivity index (χ2n) is 10.2. The van der Waals surface area contributed by atoms with E-state index in [1.807, 2.05) is 0 Å². The van der Waals surface area contributed by atoms with Crippen LogP contribution in [0, 0.1) is 87.3 Å². The molecule has 250 valence electrons. The van der Waals surface area contributed by atoms with Gasteiger partial charge in [-0.25, -0.2) is 65.9 Å². The lowest BCUT2D eigenvalue weighted by Crippen LogP contribution is -2.79. The molecule has 0 unspecified atom stereocenters. The largest absolute Gasteiger partial charge is 0.489 e. The molecule has 5 aromatic carbocycles. The Labute approximate surface area is 258 Å². The van der Waals surface area contributed by atoms with Crippen LogP contribution in [0.5, 0.6) is 5.75 Å². The summed E-state index contributed by atoms with van der Waals surface area (Å²) in [7, 11) is 0. The summed E-state index contributed by atoms with van der Waals surface area (Å²) in [6.45, 7) is -0.233. The van der Waals surface area contributed by atoms with Crippen LogP contribution in [0.3, 0.4) is 0 Å². The van der Waals surface area contributed by atoms with Crippen LogP contribution in [0.1, 0.15) is 5.56 Å². The molecule has 0 radical (unpaired) electrons. The summed E-state index contributed by atoms with van der Waals surface area (Å²) in [6.07, 6.45) is -5.85. The third-order valence-corrected chi connectivity index (χ3v) is 7.66. The average Bonchev–Trinajstić information content (AvgIpc) is 3.09. The van der Waals surface area contributed by atoms with Gasteiger partial charge < -0.3 is 4.74 Å². The third kappa shape index (κ3) is 5.02. The molecule has 0 aliphatic heterocycles. The van der Waals surface area contributed by atoms with Gasteiger partial charge in [0.05, 0.1) is 0 Å². The Morgan fingerprint density at radius 1 is 0.354 bits per heavy atom. The van der Waals surface area contributed by atoms with Crippen molar-refractivity contribution < 1.29 is 70.6 Å². The maximum Gasteiger partial charge on any atom is 0.200 e. The van der Waals surface area contributed by atoms with Gasteiger partial charge in [-0.1, -0.05) is 42.5 Å². The Morgan fingerprint density at radius 3 is 0.958 bits per heavy atom. The van der Waals surface area contributed by atoms with E-state index in [0.29, 0.717) is 29.8 Å². The second-order valence-corrected chi connectivity index (χ2v) is 10.2. The standard InChI is InChI=1S/C31H11BF15O/c33-17-14(18(34)24(40)29(45)23(17)39)32(15-19(35)25(41)30(46)26(42)20(15)36,16-21(37)27(43)31(47)28(44)22(16)38)12-6-8-13(9-7-12)48-10-11-4-2-1-3-5-11/h1-9H,10H2/q-1. The molecule has 0 spiro atoms. The summed E-state index contributed by atoms with van der Waals surface area (Å²) in [4.78, 5) is 0. The van der Waals surface area contributed by atoms with Crippen LogP contribution in [0.25, 0.3) is 0 Å². The fourth-order valence-electron chi connectivity index (χ4n) is 5.53. The van der Waals surface area contributed by atoms with E-state index in [4.69, 9.17) is 4.74 Å². The molecule has 0 saturated carbocycles. The highest BCUT2D eigenvalue weighted by Crippen LogP contribution is 2.28. The van der Waals surface area contributed by atoms with Crippen molar-refractivity contribution in [3.63, 3.8) is 0 Å². The first-order valence-electron chi connectivity index (χ1n) is 13.1. The average molecular weight is 695 g/mol. The highest BCUT2D eigenvalue weighted by atomic mass is 19.2. The Kier molecular flexibility index (Phi) is 8.92. The first-order valence-corrected chi connectivity index (χ1v) is 13.1. The Hall–Kier alpha value is -5.09. The molecule has 0 heterocycles. The lowest BCUT2D eigenvalue weighted by Gasteiger charge is -2.44. The van der Waals surface area contributed by atoms with Crippen molar-refractivity contribution in [2.75, 3.05) is 0 Å². The molecule has 0 atom stereocenters. The van der Waals surface area contributed by atoms with Gasteiger partial charge in [0.25, 0.3) is 0 Å². The zero-order chi connectivity index (χ0) is 35.4. The van der Waals surface area contributed by atoms with Crippen molar-refractivity contribution in [1.29, 1.82) is 0 Å². The van der Waals surface area contributed by atoms with Crippen molar-refractivity contribution in [1.82, 2.24) is 0 Å². The Balaban J connectivity index is 2.03. The summed E-state index contributed by atoms with van der Waals surface area (Å²) in [5.41, 5.74) is -9.08. The van der Waals surface area contributed by atoms with Crippen LogP contribution in [0.15, 0.2) is 54.6 Å². The number of ether oxygens (including phenoxy) is 1. The molecule has 0 aromatic heterocycles. The minimum atomic E-state index is -5.85. The van der Waals surface area contributed by atoms with Gasteiger partial charge in [-0.15, -0.1) is 16.4 Å². The van der Waals surface area contributed by atoms with Gasteiger partial charge in [-0.05, 0) is 17.7 Å². The van der Waals surface area contributed by atoms with Crippen molar-refractivity contribution in [3.05, 3.63) is 147 Å². The molecule has 17 heteroatoms. The van der Waals surface area contributed by atoms with Crippen LogP contribution >= 0.6 is 0 Å². The summed E-state index contributed by atoms with van der Waals surface area (Å²) >= 11 is 0. The van der Waals surface area contributed by atoms with E-state index in [1.54, 1.807) is 30.3 Å². The molecule has 0 bridgehead atoms. The van der Waals surface area contributed by atoms with Gasteiger partial charge in [0.2, 0.25) is 0 Å². The van der Waals surface area contributed by atoms with Gasteiger partial charge in [0.15, 0.2) is 52.4 Å². The summed E-state index contributed by atoms with van der Waals surface area (Å²) < 4.78 is 230. The highest BCUT2D eigenvalue weighted by Gasteiger charge is 2.49. The Morgan fingerprint density at radius 2 is 0.646 bits per heavy atom. The van der Waals surface area contributed by atoms with E-state index in [1.165, 1.54) is 0 Å². The molecule has 5 rings (SSSR count). The number of rotatable bonds is 7. The second kappa shape index (κ2) is 12.5. The lowest BCUT2D eigenvalue weighted by atomic mass is 9.12. The van der Waals surface area contributed by atoms with Crippen LogP contribution in [-0.2, 0) is 6.61 Å². The van der Waals surface area contributed by atoms with Crippen LogP contribution in [-0.4, -0.2) is 6.15 Å². The minimum Gasteiger partial charge on any atom is -0.489 e. The van der Waals surface area contributed by atoms with Gasteiger partial charge >= 0.3 is 0 Å². The molecule has 0 aliphatic rings. The van der Waals surface area contributed by atoms with Gasteiger partial charge in [0, 0.05) is 0 Å². The van der Waals surface area contributed by atoms with Crippen molar-refractivity contribution in [2.24, 2.45) is 0 Å². The molecule has 0 fully saturated rings. The van der Waals surface area contributed by atoms with E-state index >= 15 is 26.3 Å². The lowest BCUT2D eigenvalue weighted by molar-refractivity contribution is 0.306. The van der Waals surface area contributed by atoms with E-state index in [0.717, 1.165) is 0 Å². The van der Waals surface area contributed by atoms with E-state index in [9.17, 15) is 39.5 Å². The molecule has 0 saturated heterocycles. The molecule has 0 N–H and O–H groups in total. The zero-order valence-electron chi connectivity index (χ0n) is 23.1. The first kappa shape index (κ1) is 34.3. The topological polar surface area (TPSA) is 9.23 Å². The minimum absolute atomic E-state index is 0.233. The van der Waals surface area contributed by atoms with Crippen molar-refractivity contribution in [2.45, 2.75) is 6.61 Å². The van der Waals surface area contributed by atoms with E-state index < -0.39 is 115 Å². The predicted octanol–water partition coefficient (Wildman–Crippen LogP) is 6.73. The number of hydrogen-bond donors (Lipinski definition) is 0. The quantitative estimate of drug-likeness (QED) is 0.0795. The summed E-state index contributed by atoms with van der Waals surface area (Å²) in [6, 6.07) is 10.1. The zero-order valence-corrected chi connectivity index (χ0v) is 23.1. The summed E-state index contributed by atoms with van der Waals surface area (Å²) in [5.74, 6) is -46.2. The SMILES string of the molecule is Fc1c(F)c(F)c([B-](c2ccc(OCc3ccccc3)cc2)(c2c(F)c(F)c(F)c(F)c2F)c2c(F)c(F)c(F)c(F)c2F)c(F)c1F. The Bertz CT molecular complexity index is 1830. The maximum absolute atomic E-state index is 15.7. The smallest absolute Gasteiger partial charge is 0.200 e. The number of halogens is 15. The van der Waals surface area contributed by atoms with E-state index in [2.05, 4.69) is 0 Å². The number of benzene rings is 5. The van der Waals surface area contributed by atoms with Gasteiger partial charge in [0.1, 0.15) is 53.4 Å². The highest BCUT2D eigenvalue weighted by molar-refractivity contribution is 7.20. The van der Waals surface area contributed by atoms with Crippen molar-refractivity contribution in [3.8, 4) is 5.75 Å². The van der Waals surface area contributed by atoms with Gasteiger partial charge in [-0.3, -0.25) is 0 Å². The fourth-order valence-corrected chi connectivity index (χ4v) is 5.53. The molecular weight excluding hydrogens is 684 g/mol. The summed E-state index contributed by atoms with van der Waals surface area (Å²) in [5, 5.41) is 0. The monoisotopic (exact) mass is 695 g/mol. The maximum atomic E-state index is 15.7. The van der Waals surface area contributed by atoms with Crippen molar-refractivity contribution >= 4 is 28.0 Å². The third-order valence-electron chi connectivity index (χ3n) is 7.66. The normalized spacial score (nSPS) is 11.7. The molecule has 5 aromatic rings. The van der Waals surface area contributed by atoms with E-state index in [-0.39, 0.29) is 12.4 Å². The van der Waals surface area contributed by atoms with Crippen LogP contribution in [0.2, 0.25) is 0 Å². The predicted molar refractivity (Wildman–Crippen MR) is 140 cm³/mol. The van der Waals surface area contributed by atoms with Gasteiger partial charge in [-0.2, -0.15) is 5.46 Å². The number of hydrogen-bond acceptors (Lipinski definition) is 1. The van der Waals surface area contributed by atoms with Crippen LogP contribution in [0.4, 0.5) is 65.9 Å². The van der Waals surface area contributed by atoms with Crippen LogP contribution < -0.4 is 26.6 Å². The molecule has 48 heavy (non-hydrogen) atoms. The molecule has 0 amide bonds. The molecule has 0 aliphatic carbocycles. The molecule has 1 nitrogen and oxygen atoms in total. The first-order chi connectivity index (χ1) is 22.6. The molecular formula is C31H11BF15O-.